The number of phenolic OH excluding ortho intramolecular Hbond substituents is 1. The van der Waals surface area contributed by atoms with Crippen LogP contribution in [0.2, 0.25) is 0 Å². The first-order valence-corrected chi connectivity index (χ1v) is 24.4. The van der Waals surface area contributed by atoms with Gasteiger partial charge in [0.2, 0.25) is 6.79 Å². The number of piperazine rings is 1. The summed E-state index contributed by atoms with van der Waals surface area (Å²) in [5.74, 6) is 0.00666. The summed E-state index contributed by atoms with van der Waals surface area (Å²) in [5.41, 5.74) is 1.73. The van der Waals surface area contributed by atoms with Crippen LogP contribution >= 0.6 is 11.8 Å². The smallest absolute Gasteiger partial charge is 0.504 e. The maximum Gasteiger partial charge on any atom is 0.514 e. The molecule has 2 fully saturated rings. The number of fused-ring (bicyclic) bond motifs is 9. The summed E-state index contributed by atoms with van der Waals surface area (Å²) >= 11 is 1.38. The number of likely N-dealkylation sites (N-methyl/N-ethyl adjacent to an activating group) is 1. The van der Waals surface area contributed by atoms with Crippen molar-refractivity contribution in [1.29, 1.82) is 0 Å². The number of hydrogen-bond donors (Lipinski definition) is 4. The van der Waals surface area contributed by atoms with Crippen molar-refractivity contribution in [2.45, 2.75) is 134 Å². The number of nitrogens with one attached hydrogen (secondary N) is 2. The number of aromatic hydroxyl groups is 1. The van der Waals surface area contributed by atoms with Gasteiger partial charge in [0.15, 0.2) is 40.0 Å². The molecule has 1 unspecified atom stereocenters. The molecule has 10 rings (SSSR count). The molecule has 1 amide bonds. The van der Waals surface area contributed by atoms with Crippen LogP contribution in [0.3, 0.4) is 0 Å². The van der Waals surface area contributed by atoms with Gasteiger partial charge >= 0.3 is 24.2 Å². The van der Waals surface area contributed by atoms with Gasteiger partial charge in [-0.15, -0.1) is 11.8 Å². The minimum Gasteiger partial charge on any atom is -0.504 e. The third-order valence-electron chi connectivity index (χ3n) is 13.9. The van der Waals surface area contributed by atoms with Gasteiger partial charge in [0.05, 0.1) is 37.6 Å². The largest absolute Gasteiger partial charge is 0.514 e. The fraction of sp³-hybridized carbons (Fsp3) is 0.560. The number of thioether (sulfide) groups is 1. The maximum absolute atomic E-state index is 15.2. The van der Waals surface area contributed by atoms with Gasteiger partial charge in [-0.3, -0.25) is 15.1 Å². The first kappa shape index (κ1) is 49.3. The molecule has 4 bridgehead atoms. The summed E-state index contributed by atoms with van der Waals surface area (Å²) in [6.07, 6.45) is -2.05. The third-order valence-corrected chi connectivity index (χ3v) is 15.4. The van der Waals surface area contributed by atoms with E-state index in [9.17, 15) is 24.6 Å². The molecule has 3 aromatic rings. The summed E-state index contributed by atoms with van der Waals surface area (Å²) in [6, 6.07) is 1.41. The number of esters is 2. The second-order valence-electron chi connectivity index (χ2n) is 20.7. The van der Waals surface area contributed by atoms with Crippen LogP contribution in [0, 0.1) is 13.8 Å². The molecule has 7 aliphatic heterocycles. The fourth-order valence-corrected chi connectivity index (χ4v) is 12.7. The number of carbonyl (C=O) groups is 4. The van der Waals surface area contributed by atoms with E-state index in [1.807, 2.05) is 24.9 Å². The Bertz CT molecular complexity index is 2660. The lowest BCUT2D eigenvalue weighted by atomic mass is 9.73. The first-order valence-electron chi connectivity index (χ1n) is 23.4. The molecular formula is C50H62N4O15S. The molecule has 378 valence electrons. The predicted molar refractivity (Wildman–Crippen MR) is 253 cm³/mol. The van der Waals surface area contributed by atoms with Crippen LogP contribution in [-0.2, 0) is 42.2 Å². The number of aliphatic hydroxyl groups is 1. The van der Waals surface area contributed by atoms with E-state index < -0.39 is 82.6 Å². The van der Waals surface area contributed by atoms with Crippen molar-refractivity contribution in [3.05, 3.63) is 62.7 Å². The van der Waals surface area contributed by atoms with Gasteiger partial charge in [0.25, 0.3) is 0 Å². The standard InChI is InChI=1S/C50H62N4O15S/c1-22-15-26-16-28-43(56)54-29-19-63-45(58)50(27-18-30(61-11)31(17-25(27)13-14-51-50)66-47(60)69-49(7,8)9)20-70-42(36(54)35(53(28)10)32(26)37(55)38(22)62-12)34-33(29)41-40(64-21-65-41)23(2)39(34)67-44(57)24(3)52-46(59)68-48(4,5)6/h15,17-18,24,28-29,35-36,42-43,51,55-56H,13-14,16,19-21H2,1-12H3,(H,52,59)/t24-,28-,29+,35+,36?,42+,43-,50+/m0/s1. The Balaban J connectivity index is 1.24. The van der Waals surface area contributed by atoms with Crippen molar-refractivity contribution in [2.75, 3.05) is 47.0 Å². The van der Waals surface area contributed by atoms with Crippen molar-refractivity contribution in [2.24, 2.45) is 0 Å². The van der Waals surface area contributed by atoms with Gasteiger partial charge in [-0.25, -0.2) is 19.2 Å². The number of carbonyl (C=O) groups excluding carboxylic acids is 4. The molecule has 7 aliphatic rings. The zero-order chi connectivity index (χ0) is 50.5. The van der Waals surface area contributed by atoms with Crippen molar-refractivity contribution in [1.82, 2.24) is 20.4 Å². The van der Waals surface area contributed by atoms with E-state index in [4.69, 9.17) is 42.6 Å². The number of phenols is 1. The van der Waals surface area contributed by atoms with Crippen LogP contribution in [0.15, 0.2) is 18.2 Å². The highest BCUT2D eigenvalue weighted by molar-refractivity contribution is 7.99. The number of alkyl carbamates (subject to hydrolysis) is 1. The summed E-state index contributed by atoms with van der Waals surface area (Å²) in [6.45, 7) is 15.3. The van der Waals surface area contributed by atoms with Crippen molar-refractivity contribution >= 4 is 35.9 Å². The van der Waals surface area contributed by atoms with Crippen LogP contribution in [0.5, 0.6) is 40.2 Å². The zero-order valence-corrected chi connectivity index (χ0v) is 42.3. The number of rotatable bonds is 6. The van der Waals surface area contributed by atoms with Crippen molar-refractivity contribution in [3.8, 4) is 40.2 Å². The van der Waals surface area contributed by atoms with E-state index in [1.165, 1.54) is 32.9 Å². The summed E-state index contributed by atoms with van der Waals surface area (Å²) < 4.78 is 53.6. The number of amides is 1. The molecule has 1 spiro atoms. The summed E-state index contributed by atoms with van der Waals surface area (Å²) in [7, 11) is 4.86. The van der Waals surface area contributed by atoms with Crippen LogP contribution in [-0.4, -0.2) is 127 Å². The van der Waals surface area contributed by atoms with Crippen LogP contribution in [0.4, 0.5) is 9.59 Å². The number of ether oxygens (including phenoxy) is 9. The number of benzene rings is 3. The molecule has 4 N–H and O–H groups in total. The molecule has 7 heterocycles. The number of aryl methyl sites for hydroxylation is 1. The molecule has 8 atom stereocenters. The highest BCUT2D eigenvalue weighted by Gasteiger charge is 2.61. The SMILES string of the molecule is COc1cc2c(cc1OC(=O)OC(C)(C)C)CCN[C@]21CS[C@@H]2c3c(OC(=O)[C@H](C)NC(=O)OC(C)(C)C)c(C)c4c(c3[C@@H](COC1=O)N1C2[C@H]2c3c(cc(C)c(OC)c3O)C[C@@H]([C@@H]1O)N2C)OCO4. The number of methoxy groups -OCH3 is 2. The van der Waals surface area contributed by atoms with Gasteiger partial charge < -0.3 is 58.2 Å². The quantitative estimate of drug-likeness (QED) is 0.0975. The average Bonchev–Trinajstić information content (AvgIpc) is 3.76. The Morgan fingerprint density at radius 2 is 1.63 bits per heavy atom. The number of hydrogen-bond acceptors (Lipinski definition) is 19. The topological polar surface area (TPSA) is 222 Å². The van der Waals surface area contributed by atoms with E-state index in [-0.39, 0.29) is 42.2 Å². The third kappa shape index (κ3) is 8.27. The van der Waals surface area contributed by atoms with Crippen molar-refractivity contribution < 1.29 is 72.0 Å². The van der Waals surface area contributed by atoms with Gasteiger partial charge in [-0.05, 0) is 117 Å². The monoisotopic (exact) mass is 990 g/mol. The lowest BCUT2D eigenvalue weighted by Gasteiger charge is -2.62. The highest BCUT2D eigenvalue weighted by atomic mass is 32.2. The summed E-state index contributed by atoms with van der Waals surface area (Å²) in [5, 5.41) is 30.4. The van der Waals surface area contributed by atoms with E-state index in [1.54, 1.807) is 60.6 Å². The molecule has 0 aliphatic carbocycles. The lowest BCUT2D eigenvalue weighted by Crippen LogP contribution is -2.70. The normalized spacial score (nSPS) is 26.1. The van der Waals surface area contributed by atoms with Crippen LogP contribution < -0.4 is 39.1 Å². The van der Waals surface area contributed by atoms with Gasteiger partial charge in [0, 0.05) is 40.6 Å². The zero-order valence-electron chi connectivity index (χ0n) is 41.5. The second-order valence-corrected chi connectivity index (χ2v) is 21.8. The Kier molecular flexibility index (Phi) is 12.6. The highest BCUT2D eigenvalue weighted by Crippen LogP contribution is 2.64. The Morgan fingerprint density at radius 3 is 2.31 bits per heavy atom. The average molecular weight is 991 g/mol. The Hall–Kier alpha value is -5.67. The van der Waals surface area contributed by atoms with E-state index in [2.05, 4.69) is 15.5 Å². The first-order chi connectivity index (χ1) is 33.0. The molecule has 3 aromatic carbocycles. The lowest BCUT2D eigenvalue weighted by molar-refractivity contribution is -0.186. The molecule has 19 nitrogen and oxygen atoms in total. The molecule has 20 heteroatoms. The predicted octanol–water partition coefficient (Wildman–Crippen LogP) is 5.91. The Morgan fingerprint density at radius 1 is 0.914 bits per heavy atom. The molecular weight excluding hydrogens is 929 g/mol. The molecule has 0 saturated carbocycles. The second kappa shape index (κ2) is 17.9. The molecule has 0 aromatic heterocycles. The molecule has 70 heavy (non-hydrogen) atoms. The Labute approximate surface area is 410 Å². The van der Waals surface area contributed by atoms with Crippen molar-refractivity contribution in [3.63, 3.8) is 0 Å². The van der Waals surface area contributed by atoms with E-state index >= 15 is 4.79 Å². The number of aliphatic hydroxyl groups excluding tert-OH is 1. The minimum absolute atomic E-state index is 0.0108. The maximum atomic E-state index is 15.2. The van der Waals surface area contributed by atoms with Gasteiger partial charge in [-0.2, -0.15) is 0 Å². The molecule has 0 radical (unpaired) electrons. The van der Waals surface area contributed by atoms with Gasteiger partial charge in [-0.1, -0.05) is 6.07 Å². The van der Waals surface area contributed by atoms with Gasteiger partial charge in [0.1, 0.15) is 35.8 Å². The van der Waals surface area contributed by atoms with E-state index in [0.29, 0.717) is 70.0 Å². The summed E-state index contributed by atoms with van der Waals surface area (Å²) in [4.78, 5) is 59.4. The minimum atomic E-state index is -1.53. The fourth-order valence-electron chi connectivity index (χ4n) is 11.0. The van der Waals surface area contributed by atoms with E-state index in [0.717, 1.165) is 11.1 Å². The van der Waals surface area contributed by atoms with Crippen LogP contribution in [0.25, 0.3) is 0 Å². The molecule has 2 saturated heterocycles. The number of nitrogens with zero attached hydrogens (tertiary/aromatic N) is 2. The van der Waals surface area contributed by atoms with Crippen LogP contribution in [0.1, 0.15) is 110 Å².